The fourth-order valence-corrected chi connectivity index (χ4v) is 2.20. The van der Waals surface area contributed by atoms with E-state index in [2.05, 4.69) is 22.5 Å². The van der Waals surface area contributed by atoms with Gasteiger partial charge in [-0.25, -0.2) is 4.98 Å². The number of anilines is 2. The number of benzene rings is 1. The standard InChI is InChI=1S/C17H20ClN3O/c1-2-3-6-10-20-17(22)13-9-11-19-16(12-13)21-15-8-5-4-7-14(15)18/h4-5,7-9,11-12H,2-3,6,10H2,1H3,(H,19,21)(H,20,22). The number of aromatic nitrogens is 1. The van der Waals surface area contributed by atoms with Crippen molar-refractivity contribution in [3.8, 4) is 0 Å². The number of hydrogen-bond donors (Lipinski definition) is 2. The summed E-state index contributed by atoms with van der Waals surface area (Å²) in [5.74, 6) is 0.509. The number of halogens is 1. The highest BCUT2D eigenvalue weighted by Crippen LogP contribution is 2.24. The second-order valence-corrected chi connectivity index (χ2v) is 5.40. The minimum Gasteiger partial charge on any atom is -0.352 e. The number of rotatable bonds is 7. The average molecular weight is 318 g/mol. The van der Waals surface area contributed by atoms with Gasteiger partial charge >= 0.3 is 0 Å². The topological polar surface area (TPSA) is 54.0 Å². The van der Waals surface area contributed by atoms with Crippen molar-refractivity contribution in [3.63, 3.8) is 0 Å². The van der Waals surface area contributed by atoms with Crippen LogP contribution in [0.2, 0.25) is 5.02 Å². The molecule has 5 heteroatoms. The van der Waals surface area contributed by atoms with Gasteiger partial charge in [0.1, 0.15) is 5.82 Å². The maximum absolute atomic E-state index is 12.1. The lowest BCUT2D eigenvalue weighted by molar-refractivity contribution is 0.0953. The van der Waals surface area contributed by atoms with Crippen LogP contribution in [0.4, 0.5) is 11.5 Å². The fourth-order valence-electron chi connectivity index (χ4n) is 2.02. The number of nitrogens with zero attached hydrogens (tertiary/aromatic N) is 1. The summed E-state index contributed by atoms with van der Waals surface area (Å²) in [7, 11) is 0. The molecule has 2 aromatic rings. The zero-order chi connectivity index (χ0) is 15.8. The van der Waals surface area contributed by atoms with Crippen molar-refractivity contribution < 1.29 is 4.79 Å². The molecule has 0 bridgehead atoms. The lowest BCUT2D eigenvalue weighted by Gasteiger charge is -2.09. The molecule has 0 fully saturated rings. The number of unbranched alkanes of at least 4 members (excludes halogenated alkanes) is 2. The Morgan fingerprint density at radius 3 is 2.82 bits per heavy atom. The Labute approximate surface area is 135 Å². The lowest BCUT2D eigenvalue weighted by Crippen LogP contribution is -2.24. The Balaban J connectivity index is 2.00. The van der Waals surface area contributed by atoms with Gasteiger partial charge in [-0.3, -0.25) is 4.79 Å². The summed E-state index contributed by atoms with van der Waals surface area (Å²) in [5.41, 5.74) is 1.35. The van der Waals surface area contributed by atoms with Crippen molar-refractivity contribution in [2.24, 2.45) is 0 Å². The van der Waals surface area contributed by atoms with E-state index in [0.717, 1.165) is 24.9 Å². The number of carbonyl (C=O) groups excluding carboxylic acids is 1. The molecule has 0 aliphatic carbocycles. The van der Waals surface area contributed by atoms with Gasteiger partial charge in [-0.05, 0) is 30.7 Å². The normalized spacial score (nSPS) is 10.3. The molecule has 4 nitrogen and oxygen atoms in total. The van der Waals surface area contributed by atoms with Gasteiger partial charge in [-0.2, -0.15) is 0 Å². The summed E-state index contributed by atoms with van der Waals surface area (Å²) < 4.78 is 0. The van der Waals surface area contributed by atoms with Gasteiger partial charge in [0.25, 0.3) is 5.91 Å². The Hall–Kier alpha value is -2.07. The first-order valence-electron chi connectivity index (χ1n) is 7.46. The van der Waals surface area contributed by atoms with Gasteiger partial charge < -0.3 is 10.6 Å². The number of carbonyl (C=O) groups is 1. The maximum atomic E-state index is 12.1. The molecule has 0 saturated heterocycles. The summed E-state index contributed by atoms with van der Waals surface area (Å²) in [6.07, 6.45) is 4.87. The molecule has 1 aromatic heterocycles. The molecular formula is C17H20ClN3O. The van der Waals surface area contributed by atoms with Crippen LogP contribution in [-0.4, -0.2) is 17.4 Å². The summed E-state index contributed by atoms with van der Waals surface area (Å²) in [6, 6.07) is 10.8. The number of pyridine rings is 1. The van der Waals surface area contributed by atoms with Crippen LogP contribution >= 0.6 is 11.6 Å². The molecule has 0 spiro atoms. The van der Waals surface area contributed by atoms with E-state index in [1.807, 2.05) is 18.2 Å². The summed E-state index contributed by atoms with van der Waals surface area (Å²) in [6.45, 7) is 2.83. The van der Waals surface area contributed by atoms with Crippen LogP contribution in [0.1, 0.15) is 36.5 Å². The summed E-state index contributed by atoms with van der Waals surface area (Å²) >= 11 is 6.11. The molecule has 22 heavy (non-hydrogen) atoms. The van der Waals surface area contributed by atoms with Gasteiger partial charge in [0.05, 0.1) is 10.7 Å². The molecule has 1 aromatic carbocycles. The first-order valence-corrected chi connectivity index (χ1v) is 7.84. The highest BCUT2D eigenvalue weighted by atomic mass is 35.5. The van der Waals surface area contributed by atoms with Crippen LogP contribution in [0.3, 0.4) is 0 Å². The minimum atomic E-state index is -0.0827. The summed E-state index contributed by atoms with van der Waals surface area (Å²) in [4.78, 5) is 16.3. The zero-order valence-corrected chi connectivity index (χ0v) is 13.4. The second-order valence-electron chi connectivity index (χ2n) is 5.00. The highest BCUT2D eigenvalue weighted by molar-refractivity contribution is 6.33. The zero-order valence-electron chi connectivity index (χ0n) is 12.6. The van der Waals surface area contributed by atoms with Gasteiger partial charge in [-0.1, -0.05) is 43.5 Å². The van der Waals surface area contributed by atoms with Gasteiger partial charge in [0, 0.05) is 18.3 Å². The largest absolute Gasteiger partial charge is 0.352 e. The Morgan fingerprint density at radius 1 is 1.23 bits per heavy atom. The molecule has 0 unspecified atom stereocenters. The SMILES string of the molecule is CCCCCNC(=O)c1ccnc(Nc2ccccc2Cl)c1. The quantitative estimate of drug-likeness (QED) is 0.744. The van der Waals surface area contributed by atoms with Crippen LogP contribution < -0.4 is 10.6 Å². The third-order valence-corrected chi connectivity index (χ3v) is 3.55. The monoisotopic (exact) mass is 317 g/mol. The molecular weight excluding hydrogens is 298 g/mol. The van der Waals surface area contributed by atoms with Crippen molar-refractivity contribution in [2.75, 3.05) is 11.9 Å². The van der Waals surface area contributed by atoms with Crippen molar-refractivity contribution >= 4 is 29.0 Å². The average Bonchev–Trinajstić information content (AvgIpc) is 2.54. The van der Waals surface area contributed by atoms with Gasteiger partial charge in [0.15, 0.2) is 0 Å². The molecule has 116 valence electrons. The molecule has 1 heterocycles. The van der Waals surface area contributed by atoms with Crippen LogP contribution in [-0.2, 0) is 0 Å². The highest BCUT2D eigenvalue weighted by Gasteiger charge is 2.07. The van der Waals surface area contributed by atoms with E-state index in [0.29, 0.717) is 22.9 Å². The molecule has 0 saturated carbocycles. The van der Waals surface area contributed by atoms with Gasteiger partial charge in [-0.15, -0.1) is 0 Å². The molecule has 0 radical (unpaired) electrons. The van der Waals surface area contributed by atoms with E-state index >= 15 is 0 Å². The van der Waals surface area contributed by atoms with E-state index in [4.69, 9.17) is 11.6 Å². The predicted octanol–water partition coefficient (Wildman–Crippen LogP) is 4.40. The van der Waals surface area contributed by atoms with Crippen molar-refractivity contribution in [1.29, 1.82) is 0 Å². The van der Waals surface area contributed by atoms with E-state index in [1.165, 1.54) is 0 Å². The predicted molar refractivity (Wildman–Crippen MR) is 90.8 cm³/mol. The third kappa shape index (κ3) is 4.74. The lowest BCUT2D eigenvalue weighted by atomic mass is 10.2. The smallest absolute Gasteiger partial charge is 0.251 e. The first kappa shape index (κ1) is 16.3. The number of para-hydroxylation sites is 1. The fraction of sp³-hybridized carbons (Fsp3) is 0.294. The van der Waals surface area contributed by atoms with E-state index in [-0.39, 0.29) is 5.91 Å². The van der Waals surface area contributed by atoms with Gasteiger partial charge in [0.2, 0.25) is 0 Å². The van der Waals surface area contributed by atoms with Crippen molar-refractivity contribution in [1.82, 2.24) is 10.3 Å². The van der Waals surface area contributed by atoms with Crippen LogP contribution in [0.5, 0.6) is 0 Å². The molecule has 0 aliphatic rings. The number of nitrogens with one attached hydrogen (secondary N) is 2. The molecule has 0 aliphatic heterocycles. The second kappa shape index (κ2) is 8.39. The Morgan fingerprint density at radius 2 is 2.05 bits per heavy atom. The maximum Gasteiger partial charge on any atom is 0.251 e. The molecule has 2 rings (SSSR count). The Bertz CT molecular complexity index is 631. The minimum absolute atomic E-state index is 0.0827. The van der Waals surface area contributed by atoms with Crippen molar-refractivity contribution in [2.45, 2.75) is 26.2 Å². The van der Waals surface area contributed by atoms with E-state index in [9.17, 15) is 4.79 Å². The van der Waals surface area contributed by atoms with Crippen molar-refractivity contribution in [3.05, 3.63) is 53.2 Å². The number of amides is 1. The number of hydrogen-bond acceptors (Lipinski definition) is 3. The van der Waals surface area contributed by atoms with Crippen LogP contribution in [0, 0.1) is 0 Å². The summed E-state index contributed by atoms with van der Waals surface area (Å²) in [5, 5.41) is 6.65. The molecule has 2 N–H and O–H groups in total. The third-order valence-electron chi connectivity index (χ3n) is 3.22. The van der Waals surface area contributed by atoms with E-state index in [1.54, 1.807) is 24.4 Å². The van der Waals surface area contributed by atoms with E-state index < -0.39 is 0 Å². The first-order chi connectivity index (χ1) is 10.7. The molecule has 1 amide bonds. The van der Waals surface area contributed by atoms with Crippen LogP contribution in [0.25, 0.3) is 0 Å². The Kier molecular flexibility index (Phi) is 6.22. The van der Waals surface area contributed by atoms with Crippen LogP contribution in [0.15, 0.2) is 42.6 Å². The molecule has 0 atom stereocenters.